The summed E-state index contributed by atoms with van der Waals surface area (Å²) in [5, 5.41) is 0.229. The Labute approximate surface area is 161 Å². The summed E-state index contributed by atoms with van der Waals surface area (Å²) >= 11 is 5.71. The molecule has 0 fully saturated rings. The first-order chi connectivity index (χ1) is 12.8. The van der Waals surface area contributed by atoms with E-state index in [4.69, 9.17) is 21.1 Å². The maximum Gasteiger partial charge on any atom is 0.330 e. The van der Waals surface area contributed by atoms with E-state index in [1.807, 2.05) is 0 Å². The number of aromatic nitrogens is 1. The Balaban J connectivity index is 2.52. The number of nitrogens with zero attached hydrogens (tertiary/aromatic N) is 1. The van der Waals surface area contributed by atoms with Crippen molar-refractivity contribution in [2.45, 2.75) is 4.90 Å². The number of nitrogens with one attached hydrogen (secondary N) is 1. The van der Waals surface area contributed by atoms with E-state index >= 15 is 0 Å². The van der Waals surface area contributed by atoms with Crippen molar-refractivity contribution in [3.63, 3.8) is 0 Å². The molecule has 0 spiro atoms. The quantitative estimate of drug-likeness (QED) is 0.423. The maximum atomic E-state index is 12.9. The van der Waals surface area contributed by atoms with E-state index in [1.54, 1.807) is 0 Å². The number of benzene rings is 1. The maximum absolute atomic E-state index is 12.9. The average Bonchev–Trinajstić information content (AvgIpc) is 2.66. The molecule has 2 rings (SSSR count). The van der Waals surface area contributed by atoms with Gasteiger partial charge in [-0.25, -0.2) is 18.2 Å². The molecule has 0 saturated heterocycles. The number of ether oxygens (including phenoxy) is 3. The van der Waals surface area contributed by atoms with Gasteiger partial charge >= 0.3 is 5.97 Å². The number of hydrogen-bond acceptors (Lipinski definition) is 7. The summed E-state index contributed by atoms with van der Waals surface area (Å²) in [5.41, 5.74) is 0.614. The number of halogens is 1. The second-order valence-electron chi connectivity index (χ2n) is 5.09. The van der Waals surface area contributed by atoms with Crippen molar-refractivity contribution < 1.29 is 27.4 Å². The molecule has 0 aliphatic carbocycles. The molecule has 0 saturated carbocycles. The van der Waals surface area contributed by atoms with Gasteiger partial charge in [-0.15, -0.1) is 0 Å². The molecule has 1 N–H and O–H groups in total. The van der Waals surface area contributed by atoms with Crippen molar-refractivity contribution in [2.75, 3.05) is 26.1 Å². The second-order valence-corrected chi connectivity index (χ2v) is 7.12. The Hall–Kier alpha value is -2.78. The van der Waals surface area contributed by atoms with E-state index in [1.165, 1.54) is 57.9 Å². The van der Waals surface area contributed by atoms with Crippen molar-refractivity contribution >= 4 is 39.4 Å². The summed E-state index contributed by atoms with van der Waals surface area (Å²) in [6.07, 6.45) is 3.84. The molecule has 0 unspecified atom stereocenters. The number of carbonyl (C=O) groups excluding carboxylic acids is 1. The van der Waals surface area contributed by atoms with Gasteiger partial charge in [0.1, 0.15) is 10.0 Å². The molecular formula is C17H17ClN2O6S. The lowest BCUT2D eigenvalue weighted by Crippen LogP contribution is -2.15. The Bertz CT molecular complexity index is 958. The van der Waals surface area contributed by atoms with Crippen LogP contribution in [0.15, 0.2) is 41.4 Å². The number of pyridine rings is 1. The highest BCUT2D eigenvalue weighted by Gasteiger charge is 2.24. The molecule has 144 valence electrons. The molecule has 10 heteroatoms. The van der Waals surface area contributed by atoms with Crippen LogP contribution in [-0.2, 0) is 19.6 Å². The lowest BCUT2D eigenvalue weighted by molar-refractivity contribution is -0.134. The monoisotopic (exact) mass is 412 g/mol. The molecule has 0 amide bonds. The van der Waals surface area contributed by atoms with Gasteiger partial charge in [-0.1, -0.05) is 11.6 Å². The molecule has 8 nitrogen and oxygen atoms in total. The third kappa shape index (κ3) is 5.11. The third-order valence-electron chi connectivity index (χ3n) is 3.35. The van der Waals surface area contributed by atoms with Gasteiger partial charge in [-0.2, -0.15) is 0 Å². The molecular weight excluding hydrogens is 396 g/mol. The van der Waals surface area contributed by atoms with E-state index in [0.717, 1.165) is 6.08 Å². The van der Waals surface area contributed by atoms with Crippen LogP contribution in [0.25, 0.3) is 6.08 Å². The number of hydrogen-bond donors (Lipinski definition) is 1. The lowest BCUT2D eigenvalue weighted by Gasteiger charge is -2.15. The van der Waals surface area contributed by atoms with Crippen molar-refractivity contribution in [3.8, 4) is 11.5 Å². The van der Waals surface area contributed by atoms with E-state index in [-0.39, 0.29) is 27.2 Å². The molecule has 0 aliphatic rings. The van der Waals surface area contributed by atoms with Crippen LogP contribution in [0, 0.1) is 0 Å². The zero-order chi connectivity index (χ0) is 20.0. The molecule has 0 atom stereocenters. The minimum absolute atomic E-state index is 0.0159. The smallest absolute Gasteiger partial charge is 0.330 e. The van der Waals surface area contributed by atoms with Gasteiger partial charge in [-0.3, -0.25) is 4.72 Å². The second kappa shape index (κ2) is 8.74. The minimum atomic E-state index is -4.06. The number of rotatable bonds is 7. The molecule has 0 bridgehead atoms. The Morgan fingerprint density at radius 2 is 1.93 bits per heavy atom. The third-order valence-corrected chi connectivity index (χ3v) is 4.96. The number of sulfonamides is 1. The standard InChI is InChI=1S/C17H17ClN2O6S/c1-24-13-8-11(4-7-16(21)25-2)9-14(17(13)26-3)27(22,23)20-12-5-6-15(18)19-10-12/h4-10,20H,1-3H3/b7-4+. The summed E-state index contributed by atoms with van der Waals surface area (Å²) in [5.74, 6) is -0.388. The van der Waals surface area contributed by atoms with Gasteiger partial charge in [0, 0.05) is 6.08 Å². The van der Waals surface area contributed by atoms with Gasteiger partial charge in [0.05, 0.1) is 33.2 Å². The highest BCUT2D eigenvalue weighted by molar-refractivity contribution is 7.92. The van der Waals surface area contributed by atoms with Crippen LogP contribution in [0.1, 0.15) is 5.56 Å². The molecule has 27 heavy (non-hydrogen) atoms. The largest absolute Gasteiger partial charge is 0.493 e. The number of methoxy groups -OCH3 is 3. The SMILES string of the molecule is COC(=O)/C=C/c1cc(OC)c(OC)c(S(=O)(=O)Nc2ccc(Cl)nc2)c1. The van der Waals surface area contributed by atoms with Gasteiger partial charge in [0.2, 0.25) is 0 Å². The normalized spacial score (nSPS) is 11.3. The first-order valence-electron chi connectivity index (χ1n) is 7.47. The fourth-order valence-electron chi connectivity index (χ4n) is 2.12. The predicted molar refractivity (Wildman–Crippen MR) is 101 cm³/mol. The van der Waals surface area contributed by atoms with E-state index in [9.17, 15) is 13.2 Å². The number of esters is 1. The van der Waals surface area contributed by atoms with Gasteiger partial charge < -0.3 is 14.2 Å². The van der Waals surface area contributed by atoms with Gasteiger partial charge in [0.25, 0.3) is 10.0 Å². The minimum Gasteiger partial charge on any atom is -0.493 e. The predicted octanol–water partition coefficient (Wildman–Crippen LogP) is 2.74. The first-order valence-corrected chi connectivity index (χ1v) is 9.33. The van der Waals surface area contributed by atoms with Crippen LogP contribution < -0.4 is 14.2 Å². The summed E-state index contributed by atoms with van der Waals surface area (Å²) in [4.78, 5) is 15.0. The van der Waals surface area contributed by atoms with E-state index in [0.29, 0.717) is 5.56 Å². The van der Waals surface area contributed by atoms with Crippen LogP contribution in [0.5, 0.6) is 11.5 Å². The molecule has 1 aromatic carbocycles. The van der Waals surface area contributed by atoms with Crippen LogP contribution >= 0.6 is 11.6 Å². The summed E-state index contributed by atoms with van der Waals surface area (Å²) < 4.78 is 43.1. The topological polar surface area (TPSA) is 104 Å². The molecule has 0 radical (unpaired) electrons. The number of anilines is 1. The van der Waals surface area contributed by atoms with Gasteiger partial charge in [0.15, 0.2) is 11.5 Å². The molecule has 1 heterocycles. The van der Waals surface area contributed by atoms with E-state index in [2.05, 4.69) is 14.4 Å². The highest BCUT2D eigenvalue weighted by atomic mass is 35.5. The van der Waals surface area contributed by atoms with Gasteiger partial charge in [-0.05, 0) is 35.9 Å². The Morgan fingerprint density at radius 3 is 2.48 bits per heavy atom. The van der Waals surface area contributed by atoms with Crippen LogP contribution in [-0.4, -0.2) is 40.7 Å². The first kappa shape index (κ1) is 20.5. The molecule has 0 aliphatic heterocycles. The summed E-state index contributed by atoms with van der Waals surface area (Å²) in [6.45, 7) is 0. The highest BCUT2D eigenvalue weighted by Crippen LogP contribution is 2.36. The average molecular weight is 413 g/mol. The van der Waals surface area contributed by atoms with Crippen molar-refractivity contribution in [3.05, 3.63) is 47.3 Å². The molecule has 1 aromatic heterocycles. The Morgan fingerprint density at radius 1 is 1.19 bits per heavy atom. The van der Waals surface area contributed by atoms with Crippen LogP contribution in [0.4, 0.5) is 5.69 Å². The van der Waals surface area contributed by atoms with Crippen LogP contribution in [0.2, 0.25) is 5.15 Å². The lowest BCUT2D eigenvalue weighted by atomic mass is 10.2. The zero-order valence-corrected chi connectivity index (χ0v) is 16.3. The fraction of sp³-hybridized carbons (Fsp3) is 0.176. The number of carbonyl (C=O) groups is 1. The zero-order valence-electron chi connectivity index (χ0n) is 14.7. The fourth-order valence-corrected chi connectivity index (χ4v) is 3.50. The molecule has 2 aromatic rings. The summed E-state index contributed by atoms with van der Waals surface area (Å²) in [6, 6.07) is 5.79. The van der Waals surface area contributed by atoms with Crippen molar-refractivity contribution in [1.82, 2.24) is 4.98 Å². The van der Waals surface area contributed by atoms with E-state index < -0.39 is 16.0 Å². The van der Waals surface area contributed by atoms with Crippen molar-refractivity contribution in [2.24, 2.45) is 0 Å². The Kier molecular flexibility index (Phi) is 6.65. The van der Waals surface area contributed by atoms with Crippen molar-refractivity contribution in [1.29, 1.82) is 0 Å². The summed E-state index contributed by atoms with van der Waals surface area (Å²) in [7, 11) is -0.121. The van der Waals surface area contributed by atoms with Crippen LogP contribution in [0.3, 0.4) is 0 Å².